The Morgan fingerprint density at radius 3 is 2.57 bits per heavy atom. The number of carbonyl (C=O) groups is 3. The molecule has 2 unspecified atom stereocenters. The van der Waals surface area contributed by atoms with Crippen molar-refractivity contribution in [1.82, 2.24) is 15.1 Å². The normalized spacial score (nSPS) is 18.5. The summed E-state index contributed by atoms with van der Waals surface area (Å²) in [5.41, 5.74) is 6.63. The number of hydrogen-bond acceptors (Lipinski definition) is 5. The lowest BCUT2D eigenvalue weighted by Crippen LogP contribution is -2.48. The molecule has 1 aromatic rings. The van der Waals surface area contributed by atoms with E-state index in [0.717, 1.165) is 5.56 Å². The number of carbonyl (C=O) groups excluding carboxylic acids is 3. The number of ether oxygens (including phenoxy) is 1. The fourth-order valence-electron chi connectivity index (χ4n) is 3.78. The molecule has 8 heteroatoms. The van der Waals surface area contributed by atoms with E-state index >= 15 is 0 Å². The average molecular weight is 419 g/mol. The zero-order chi connectivity index (χ0) is 22.1. The van der Waals surface area contributed by atoms with Crippen molar-refractivity contribution in [2.75, 3.05) is 39.9 Å². The minimum absolute atomic E-state index is 0.0260. The molecule has 2 atom stereocenters. The lowest BCUT2D eigenvalue weighted by molar-refractivity contribution is -0.141. The number of methoxy groups -OCH3 is 1. The van der Waals surface area contributed by atoms with Crippen molar-refractivity contribution in [3.8, 4) is 0 Å². The maximum Gasteiger partial charge on any atom is 0.249 e. The van der Waals surface area contributed by atoms with Crippen LogP contribution in [0.15, 0.2) is 30.3 Å². The van der Waals surface area contributed by atoms with Crippen LogP contribution >= 0.6 is 0 Å². The highest BCUT2D eigenvalue weighted by Crippen LogP contribution is 2.25. The maximum absolute atomic E-state index is 13.0. The Labute approximate surface area is 178 Å². The second-order valence-corrected chi connectivity index (χ2v) is 7.89. The van der Waals surface area contributed by atoms with Gasteiger partial charge in [0, 0.05) is 39.2 Å². The van der Waals surface area contributed by atoms with Crippen molar-refractivity contribution >= 4 is 17.7 Å². The molecule has 0 aromatic heterocycles. The first-order chi connectivity index (χ1) is 14.4. The number of benzene rings is 1. The SMILES string of the molecule is COCC(=O)N1CC(N(CCc2ccccc2)C(=O)C(C)C)CC1C(=O)NCCN. The predicted octanol–water partition coefficient (Wildman–Crippen LogP) is 0.405. The van der Waals surface area contributed by atoms with E-state index in [4.69, 9.17) is 10.5 Å². The zero-order valence-corrected chi connectivity index (χ0v) is 18.2. The third-order valence-corrected chi connectivity index (χ3v) is 5.32. The molecule has 0 saturated carbocycles. The van der Waals surface area contributed by atoms with Crippen LogP contribution in [0.1, 0.15) is 25.8 Å². The molecule has 3 N–H and O–H groups in total. The summed E-state index contributed by atoms with van der Waals surface area (Å²) in [5.74, 6) is -0.646. The molecule has 8 nitrogen and oxygen atoms in total. The number of nitrogens with two attached hydrogens (primary N) is 1. The fourth-order valence-corrected chi connectivity index (χ4v) is 3.78. The van der Waals surface area contributed by atoms with Gasteiger partial charge in [0.2, 0.25) is 17.7 Å². The average Bonchev–Trinajstić information content (AvgIpc) is 3.18. The van der Waals surface area contributed by atoms with Gasteiger partial charge in [-0.3, -0.25) is 14.4 Å². The van der Waals surface area contributed by atoms with Crippen LogP contribution < -0.4 is 11.1 Å². The fraction of sp³-hybridized carbons (Fsp3) is 0.591. The van der Waals surface area contributed by atoms with E-state index in [-0.39, 0.29) is 36.3 Å². The standard InChI is InChI=1S/C22H34N4O4/c1-16(2)22(29)25(12-9-17-7-5-4-6-8-17)18-13-19(21(28)24-11-10-23)26(14-18)20(27)15-30-3/h4-8,16,18-19H,9-15,23H2,1-3H3,(H,24,28). The summed E-state index contributed by atoms with van der Waals surface area (Å²) in [6, 6.07) is 9.11. The zero-order valence-electron chi connectivity index (χ0n) is 18.2. The molecule has 1 aromatic carbocycles. The van der Waals surface area contributed by atoms with Gasteiger partial charge < -0.3 is 25.6 Å². The third kappa shape index (κ3) is 6.27. The van der Waals surface area contributed by atoms with Gasteiger partial charge in [-0.25, -0.2) is 0 Å². The smallest absolute Gasteiger partial charge is 0.249 e. The van der Waals surface area contributed by atoms with Crippen LogP contribution in [0.3, 0.4) is 0 Å². The number of likely N-dealkylation sites (tertiary alicyclic amines) is 1. The van der Waals surface area contributed by atoms with Crippen molar-refractivity contribution < 1.29 is 19.1 Å². The highest BCUT2D eigenvalue weighted by Gasteiger charge is 2.42. The van der Waals surface area contributed by atoms with Crippen molar-refractivity contribution in [1.29, 1.82) is 0 Å². The molecule has 0 aliphatic carbocycles. The Balaban J connectivity index is 2.20. The van der Waals surface area contributed by atoms with Crippen LogP contribution in [-0.2, 0) is 25.5 Å². The number of rotatable bonds is 10. The first kappa shape index (κ1) is 23.8. The quantitative estimate of drug-likeness (QED) is 0.572. The van der Waals surface area contributed by atoms with Gasteiger partial charge in [-0.1, -0.05) is 44.2 Å². The van der Waals surface area contributed by atoms with Crippen LogP contribution in [0.25, 0.3) is 0 Å². The molecular formula is C22H34N4O4. The van der Waals surface area contributed by atoms with Gasteiger partial charge in [-0.2, -0.15) is 0 Å². The van der Waals surface area contributed by atoms with E-state index in [1.807, 2.05) is 49.1 Å². The van der Waals surface area contributed by atoms with Crippen molar-refractivity contribution in [3.63, 3.8) is 0 Å². The summed E-state index contributed by atoms with van der Waals surface area (Å²) >= 11 is 0. The highest BCUT2D eigenvalue weighted by molar-refractivity contribution is 5.89. The highest BCUT2D eigenvalue weighted by atomic mass is 16.5. The summed E-state index contributed by atoms with van der Waals surface area (Å²) in [5, 5.41) is 2.77. The first-order valence-corrected chi connectivity index (χ1v) is 10.5. The monoisotopic (exact) mass is 418 g/mol. The van der Waals surface area contributed by atoms with E-state index < -0.39 is 6.04 Å². The Kier molecular flexibility index (Phi) is 9.26. The van der Waals surface area contributed by atoms with Crippen molar-refractivity contribution in [3.05, 3.63) is 35.9 Å². The topological polar surface area (TPSA) is 105 Å². The molecule has 166 valence electrons. The molecule has 1 aliphatic rings. The molecule has 1 aliphatic heterocycles. The summed E-state index contributed by atoms with van der Waals surface area (Å²) in [7, 11) is 1.45. The number of hydrogen-bond donors (Lipinski definition) is 2. The van der Waals surface area contributed by atoms with Gasteiger partial charge in [0.15, 0.2) is 0 Å². The van der Waals surface area contributed by atoms with Crippen molar-refractivity contribution in [2.24, 2.45) is 11.7 Å². The van der Waals surface area contributed by atoms with Crippen LogP contribution in [0.2, 0.25) is 0 Å². The minimum Gasteiger partial charge on any atom is -0.375 e. The van der Waals surface area contributed by atoms with Crippen molar-refractivity contribution in [2.45, 2.75) is 38.8 Å². The second-order valence-electron chi connectivity index (χ2n) is 7.89. The van der Waals surface area contributed by atoms with Crippen LogP contribution in [-0.4, -0.2) is 79.5 Å². The second kappa shape index (κ2) is 11.7. The molecule has 3 amide bonds. The summed E-state index contributed by atoms with van der Waals surface area (Å²) < 4.78 is 4.99. The van der Waals surface area contributed by atoms with Gasteiger partial charge in [0.05, 0.1) is 6.04 Å². The first-order valence-electron chi connectivity index (χ1n) is 10.5. The molecule has 1 fully saturated rings. The van der Waals surface area contributed by atoms with Gasteiger partial charge in [-0.15, -0.1) is 0 Å². The minimum atomic E-state index is -0.636. The molecule has 2 rings (SSSR count). The third-order valence-electron chi connectivity index (χ3n) is 5.32. The van der Waals surface area contributed by atoms with Crippen LogP contribution in [0.4, 0.5) is 0 Å². The molecule has 30 heavy (non-hydrogen) atoms. The maximum atomic E-state index is 13.0. The Morgan fingerprint density at radius 1 is 1.27 bits per heavy atom. The predicted molar refractivity (Wildman–Crippen MR) is 115 cm³/mol. The summed E-state index contributed by atoms with van der Waals surface area (Å²) in [6.07, 6.45) is 1.12. The van der Waals surface area contributed by atoms with E-state index in [1.54, 1.807) is 0 Å². The Morgan fingerprint density at radius 2 is 1.97 bits per heavy atom. The molecule has 1 heterocycles. The van der Waals surface area contributed by atoms with Crippen LogP contribution in [0, 0.1) is 5.92 Å². The van der Waals surface area contributed by atoms with E-state index in [1.165, 1.54) is 12.0 Å². The van der Waals surface area contributed by atoms with Crippen LogP contribution in [0.5, 0.6) is 0 Å². The molecule has 0 bridgehead atoms. The van der Waals surface area contributed by atoms with E-state index in [2.05, 4.69) is 5.32 Å². The largest absolute Gasteiger partial charge is 0.375 e. The summed E-state index contributed by atoms with van der Waals surface area (Å²) in [4.78, 5) is 41.6. The molecule has 0 radical (unpaired) electrons. The molecular weight excluding hydrogens is 384 g/mol. The summed E-state index contributed by atoms with van der Waals surface area (Å²) in [6.45, 7) is 5.15. The molecule has 0 spiro atoms. The molecule has 1 saturated heterocycles. The van der Waals surface area contributed by atoms with E-state index in [9.17, 15) is 14.4 Å². The number of amides is 3. The van der Waals surface area contributed by atoms with Gasteiger partial charge in [0.25, 0.3) is 0 Å². The number of nitrogens with one attached hydrogen (secondary N) is 1. The van der Waals surface area contributed by atoms with Gasteiger partial charge in [0.1, 0.15) is 12.6 Å². The van der Waals surface area contributed by atoms with E-state index in [0.29, 0.717) is 39.0 Å². The lowest BCUT2D eigenvalue weighted by Gasteiger charge is -2.30. The Bertz CT molecular complexity index is 710. The lowest BCUT2D eigenvalue weighted by atomic mass is 10.1. The van der Waals surface area contributed by atoms with Gasteiger partial charge in [-0.05, 0) is 18.4 Å². The Hall–Kier alpha value is -2.45. The number of nitrogens with zero attached hydrogens (tertiary/aromatic N) is 2. The van der Waals surface area contributed by atoms with Gasteiger partial charge >= 0.3 is 0 Å².